The molecule has 2 N–H and O–H groups in total. The molecule has 3 rings (SSSR count). The molecule has 0 atom stereocenters. The maximum Gasteiger partial charge on any atom is 0.253 e. The van der Waals surface area contributed by atoms with E-state index in [-0.39, 0.29) is 23.0 Å². The van der Waals surface area contributed by atoms with Gasteiger partial charge in [0.05, 0.1) is 17.1 Å². The van der Waals surface area contributed by atoms with Crippen LogP contribution in [0.4, 0.5) is 0 Å². The van der Waals surface area contributed by atoms with Crippen molar-refractivity contribution in [1.82, 2.24) is 15.5 Å². The van der Waals surface area contributed by atoms with Crippen molar-refractivity contribution in [2.45, 2.75) is 13.1 Å². The number of hydrogen-bond acceptors (Lipinski definition) is 3. The molecule has 0 unspecified atom stereocenters. The summed E-state index contributed by atoms with van der Waals surface area (Å²) in [6, 6.07) is 20.9. The molecule has 0 saturated heterocycles. The lowest BCUT2D eigenvalue weighted by atomic mass is 9.98. The van der Waals surface area contributed by atoms with E-state index in [1.807, 2.05) is 38.4 Å². The van der Waals surface area contributed by atoms with Crippen LogP contribution in [0.5, 0.6) is 0 Å². The first-order chi connectivity index (χ1) is 15.3. The lowest BCUT2D eigenvalue weighted by Gasteiger charge is -2.13. The predicted molar refractivity (Wildman–Crippen MR) is 130 cm³/mol. The molecule has 32 heavy (non-hydrogen) atoms. The molecule has 0 fully saturated rings. The topological polar surface area (TPSA) is 61.4 Å². The van der Waals surface area contributed by atoms with E-state index in [9.17, 15) is 9.59 Å². The Hall–Kier alpha value is -2.86. The zero-order valence-electron chi connectivity index (χ0n) is 18.0. The van der Waals surface area contributed by atoms with Crippen molar-refractivity contribution in [2.24, 2.45) is 0 Å². The lowest BCUT2D eigenvalue weighted by molar-refractivity contribution is -0.120. The summed E-state index contributed by atoms with van der Waals surface area (Å²) in [7, 11) is 4.08. The smallest absolute Gasteiger partial charge is 0.253 e. The SMILES string of the molecule is CN(C)Cc1ccc(-c2ccccc2CNC(=O)CNC(=O)c2ccc(Cl)cc2Cl)cc1. The first-order valence-corrected chi connectivity index (χ1v) is 10.9. The minimum absolute atomic E-state index is 0.154. The summed E-state index contributed by atoms with van der Waals surface area (Å²) in [5, 5.41) is 6.12. The first-order valence-electron chi connectivity index (χ1n) is 10.2. The normalized spacial score (nSPS) is 10.8. The van der Waals surface area contributed by atoms with E-state index in [4.69, 9.17) is 23.2 Å². The van der Waals surface area contributed by atoms with Crippen molar-refractivity contribution in [2.75, 3.05) is 20.6 Å². The van der Waals surface area contributed by atoms with Gasteiger partial charge in [-0.15, -0.1) is 0 Å². The third kappa shape index (κ3) is 6.57. The molecule has 0 aliphatic carbocycles. The molecule has 0 bridgehead atoms. The molecule has 0 aliphatic heterocycles. The minimum Gasteiger partial charge on any atom is -0.350 e. The fourth-order valence-electron chi connectivity index (χ4n) is 3.30. The van der Waals surface area contributed by atoms with Crippen molar-refractivity contribution in [3.63, 3.8) is 0 Å². The molecular weight excluding hydrogens is 445 g/mol. The third-order valence-electron chi connectivity index (χ3n) is 4.84. The Kier molecular flexibility index (Phi) is 8.28. The van der Waals surface area contributed by atoms with E-state index in [1.165, 1.54) is 17.7 Å². The monoisotopic (exact) mass is 469 g/mol. The predicted octanol–water partition coefficient (Wildman–Crippen LogP) is 4.77. The van der Waals surface area contributed by atoms with E-state index in [2.05, 4.69) is 39.8 Å². The maximum atomic E-state index is 12.3. The standard InChI is InChI=1S/C25H25Cl2N3O2/c1-30(2)16-17-7-9-18(10-8-17)21-6-4-3-5-19(21)14-28-24(31)15-29-25(32)22-12-11-20(26)13-23(22)27/h3-13H,14-16H2,1-2H3,(H,28,31)(H,29,32). The largest absolute Gasteiger partial charge is 0.350 e. The summed E-state index contributed by atoms with van der Waals surface area (Å²) in [6.07, 6.45) is 0. The van der Waals surface area contributed by atoms with Crippen LogP contribution in [-0.2, 0) is 17.9 Å². The first kappa shape index (κ1) is 23.8. The van der Waals surface area contributed by atoms with Gasteiger partial charge in [-0.3, -0.25) is 9.59 Å². The molecule has 2 amide bonds. The quantitative estimate of drug-likeness (QED) is 0.499. The number of nitrogens with one attached hydrogen (secondary N) is 2. The second-order valence-corrected chi connectivity index (χ2v) is 8.52. The molecule has 3 aromatic carbocycles. The fourth-order valence-corrected chi connectivity index (χ4v) is 3.79. The van der Waals surface area contributed by atoms with Crippen LogP contribution in [0.1, 0.15) is 21.5 Å². The third-order valence-corrected chi connectivity index (χ3v) is 5.39. The maximum absolute atomic E-state index is 12.3. The number of halogens is 2. The van der Waals surface area contributed by atoms with Gasteiger partial charge in [-0.05, 0) is 54.5 Å². The Morgan fingerprint density at radius 2 is 1.62 bits per heavy atom. The van der Waals surface area contributed by atoms with Gasteiger partial charge in [0.2, 0.25) is 5.91 Å². The van der Waals surface area contributed by atoms with Crippen LogP contribution in [-0.4, -0.2) is 37.4 Å². The van der Waals surface area contributed by atoms with E-state index in [0.717, 1.165) is 23.2 Å². The van der Waals surface area contributed by atoms with Crippen molar-refractivity contribution >= 4 is 35.0 Å². The molecule has 166 valence electrons. The summed E-state index contributed by atoms with van der Waals surface area (Å²) >= 11 is 11.9. The Bertz CT molecular complexity index is 1100. The van der Waals surface area contributed by atoms with Crippen LogP contribution in [0.25, 0.3) is 11.1 Å². The van der Waals surface area contributed by atoms with Crippen LogP contribution in [0.2, 0.25) is 10.0 Å². The summed E-state index contributed by atoms with van der Waals surface area (Å²) < 4.78 is 0. The molecule has 0 aromatic heterocycles. The Labute approximate surface area is 198 Å². The highest BCUT2D eigenvalue weighted by Gasteiger charge is 2.12. The lowest BCUT2D eigenvalue weighted by Crippen LogP contribution is -2.36. The molecule has 0 radical (unpaired) electrons. The van der Waals surface area contributed by atoms with E-state index in [1.54, 1.807) is 6.07 Å². The van der Waals surface area contributed by atoms with Gasteiger partial charge in [0, 0.05) is 18.1 Å². The van der Waals surface area contributed by atoms with Crippen molar-refractivity contribution in [1.29, 1.82) is 0 Å². The molecule has 0 saturated carbocycles. The van der Waals surface area contributed by atoms with Gasteiger partial charge in [-0.1, -0.05) is 71.7 Å². The Balaban J connectivity index is 1.59. The average molecular weight is 470 g/mol. The summed E-state index contributed by atoms with van der Waals surface area (Å²) in [5.41, 5.74) is 4.64. The molecule has 0 spiro atoms. The number of amides is 2. The zero-order valence-corrected chi connectivity index (χ0v) is 19.5. The van der Waals surface area contributed by atoms with E-state index < -0.39 is 5.91 Å². The van der Waals surface area contributed by atoms with Gasteiger partial charge in [0.15, 0.2) is 0 Å². The average Bonchev–Trinajstić information content (AvgIpc) is 2.76. The second-order valence-electron chi connectivity index (χ2n) is 7.68. The van der Waals surface area contributed by atoms with Gasteiger partial charge < -0.3 is 15.5 Å². The number of carbonyl (C=O) groups is 2. The second kappa shape index (κ2) is 11.1. The molecule has 0 aliphatic rings. The molecular formula is C25H25Cl2N3O2. The van der Waals surface area contributed by atoms with Crippen LogP contribution in [0, 0.1) is 0 Å². The van der Waals surface area contributed by atoms with Crippen molar-refractivity contribution in [3.8, 4) is 11.1 Å². The highest BCUT2D eigenvalue weighted by Crippen LogP contribution is 2.24. The van der Waals surface area contributed by atoms with Crippen molar-refractivity contribution in [3.05, 3.63) is 93.5 Å². The summed E-state index contributed by atoms with van der Waals surface area (Å²) in [6.45, 7) is 1.08. The molecule has 3 aromatic rings. The summed E-state index contributed by atoms with van der Waals surface area (Å²) in [4.78, 5) is 26.7. The van der Waals surface area contributed by atoms with Crippen molar-refractivity contribution < 1.29 is 9.59 Å². The number of hydrogen-bond donors (Lipinski definition) is 2. The molecule has 5 nitrogen and oxygen atoms in total. The number of carbonyl (C=O) groups excluding carboxylic acids is 2. The van der Waals surface area contributed by atoms with Crippen LogP contribution in [0.15, 0.2) is 66.7 Å². The van der Waals surface area contributed by atoms with Gasteiger partial charge in [0.25, 0.3) is 5.91 Å². The van der Waals surface area contributed by atoms with Gasteiger partial charge in [0.1, 0.15) is 0 Å². The zero-order chi connectivity index (χ0) is 23.1. The van der Waals surface area contributed by atoms with Crippen LogP contribution in [0.3, 0.4) is 0 Å². The van der Waals surface area contributed by atoms with Crippen LogP contribution < -0.4 is 10.6 Å². The van der Waals surface area contributed by atoms with Gasteiger partial charge in [-0.25, -0.2) is 0 Å². The Morgan fingerprint density at radius 3 is 2.31 bits per heavy atom. The molecule has 7 heteroatoms. The minimum atomic E-state index is -0.431. The Morgan fingerprint density at radius 1 is 0.906 bits per heavy atom. The fraction of sp³-hybridized carbons (Fsp3) is 0.200. The highest BCUT2D eigenvalue weighted by atomic mass is 35.5. The summed E-state index contributed by atoms with van der Waals surface area (Å²) in [5.74, 6) is -0.723. The number of nitrogens with zero attached hydrogens (tertiary/aromatic N) is 1. The molecule has 0 heterocycles. The highest BCUT2D eigenvalue weighted by molar-refractivity contribution is 6.36. The van der Waals surface area contributed by atoms with E-state index in [0.29, 0.717) is 11.6 Å². The van der Waals surface area contributed by atoms with Gasteiger partial charge in [-0.2, -0.15) is 0 Å². The van der Waals surface area contributed by atoms with E-state index >= 15 is 0 Å². The number of rotatable bonds is 8. The van der Waals surface area contributed by atoms with Crippen LogP contribution >= 0.6 is 23.2 Å². The number of benzene rings is 3. The van der Waals surface area contributed by atoms with Gasteiger partial charge >= 0.3 is 0 Å².